The van der Waals surface area contributed by atoms with Gasteiger partial charge in [0.1, 0.15) is 5.75 Å². The van der Waals surface area contributed by atoms with Crippen LogP contribution in [0.25, 0.3) is 0 Å². The van der Waals surface area contributed by atoms with Crippen molar-refractivity contribution >= 4 is 21.8 Å². The number of rotatable bonds is 5. The summed E-state index contributed by atoms with van der Waals surface area (Å²) in [5.41, 5.74) is 1.68. The molecule has 1 aromatic carbocycles. The second-order valence-corrected chi connectivity index (χ2v) is 6.39. The summed E-state index contributed by atoms with van der Waals surface area (Å²) < 4.78 is 63.4. The molecule has 0 bridgehead atoms. The van der Waals surface area contributed by atoms with Crippen molar-refractivity contribution in [2.45, 2.75) is 31.1 Å². The maximum absolute atomic E-state index is 12.0. The fraction of sp³-hybridized carbons (Fsp3) is 0.333. The number of benzene rings is 1. The van der Waals surface area contributed by atoms with E-state index >= 15 is 0 Å². The maximum Gasteiger partial charge on any atom is 0.573 e. The van der Waals surface area contributed by atoms with Gasteiger partial charge in [-0.05, 0) is 38.1 Å². The summed E-state index contributed by atoms with van der Waals surface area (Å²) >= 11 is 0. The number of nitrogens with one attached hydrogen (secondary N) is 3. The zero-order valence-electron chi connectivity index (χ0n) is 12.5. The first-order chi connectivity index (χ1) is 10.9. The highest BCUT2D eigenvalue weighted by Crippen LogP contribution is 2.23. The molecule has 0 saturated heterocycles. The van der Waals surface area contributed by atoms with E-state index in [0.29, 0.717) is 0 Å². The van der Waals surface area contributed by atoms with Gasteiger partial charge in [0.05, 0.1) is 4.90 Å². The van der Waals surface area contributed by atoms with Crippen molar-refractivity contribution < 1.29 is 35.9 Å². The molecule has 0 unspecified atom stereocenters. The molecule has 0 aromatic heterocycles. The van der Waals surface area contributed by atoms with E-state index in [1.54, 1.807) is 24.1 Å². The Morgan fingerprint density at radius 1 is 1.08 bits per heavy atom. The number of amides is 2. The van der Waals surface area contributed by atoms with Crippen LogP contribution in [0, 0.1) is 0 Å². The number of hydrogen-bond acceptors (Lipinski definition) is 5. The lowest BCUT2D eigenvalue weighted by molar-refractivity contribution is -0.274. The average molecular weight is 369 g/mol. The molecule has 0 aliphatic carbocycles. The first kappa shape index (κ1) is 19.7. The quantitative estimate of drug-likeness (QED) is 0.514. The van der Waals surface area contributed by atoms with Crippen LogP contribution in [0.3, 0.4) is 0 Å². The normalized spacial score (nSPS) is 11.9. The molecule has 1 rings (SSSR count). The second kappa shape index (κ2) is 7.49. The largest absolute Gasteiger partial charge is 0.573 e. The predicted octanol–water partition coefficient (Wildman–Crippen LogP) is 0.419. The van der Waals surface area contributed by atoms with Gasteiger partial charge in [0.2, 0.25) is 0 Å². The molecule has 0 aliphatic heterocycles. The number of sulfonamides is 1. The molecule has 0 spiro atoms. The van der Waals surface area contributed by atoms with Gasteiger partial charge in [0.15, 0.2) is 0 Å². The van der Waals surface area contributed by atoms with Crippen molar-refractivity contribution in [3.63, 3.8) is 0 Å². The van der Waals surface area contributed by atoms with Crippen LogP contribution < -0.4 is 20.3 Å². The lowest BCUT2D eigenvalue weighted by Gasteiger charge is -2.11. The molecule has 2 amide bonds. The fourth-order valence-electron chi connectivity index (χ4n) is 1.38. The number of hydrazine groups is 1. The summed E-state index contributed by atoms with van der Waals surface area (Å²) in [6.45, 7) is 3.19. The first-order valence-electron chi connectivity index (χ1n) is 6.39. The Balaban J connectivity index is 2.72. The maximum atomic E-state index is 12.0. The molecule has 24 heavy (non-hydrogen) atoms. The summed E-state index contributed by atoms with van der Waals surface area (Å²) in [6, 6.07) is 2.92. The smallest absolute Gasteiger partial charge is 0.406 e. The number of hydrogen-bond donors (Lipinski definition) is 3. The van der Waals surface area contributed by atoms with Crippen LogP contribution >= 0.6 is 0 Å². The van der Waals surface area contributed by atoms with E-state index in [1.807, 2.05) is 0 Å². The lowest BCUT2D eigenvalue weighted by atomic mass is 10.3. The number of halogens is 3. The van der Waals surface area contributed by atoms with Crippen molar-refractivity contribution in [1.82, 2.24) is 15.6 Å². The average Bonchev–Trinajstić information content (AvgIpc) is 2.43. The zero-order valence-corrected chi connectivity index (χ0v) is 13.3. The fourth-order valence-corrected chi connectivity index (χ4v) is 2.22. The Morgan fingerprint density at radius 3 is 2.08 bits per heavy atom. The van der Waals surface area contributed by atoms with Gasteiger partial charge in [-0.3, -0.25) is 15.0 Å². The monoisotopic (exact) mass is 369 g/mol. The minimum atomic E-state index is -4.91. The minimum absolute atomic E-state index is 0.332. The van der Waals surface area contributed by atoms with E-state index in [4.69, 9.17) is 0 Å². The third-order valence-electron chi connectivity index (χ3n) is 2.29. The van der Waals surface area contributed by atoms with Crippen molar-refractivity contribution in [3.05, 3.63) is 24.3 Å². The highest BCUT2D eigenvalue weighted by molar-refractivity contribution is 7.89. The van der Waals surface area contributed by atoms with Gasteiger partial charge in [-0.2, -0.15) is 0 Å². The van der Waals surface area contributed by atoms with Gasteiger partial charge in [-0.25, -0.2) is 8.42 Å². The van der Waals surface area contributed by atoms with Crippen LogP contribution in [0.15, 0.2) is 29.2 Å². The predicted molar refractivity (Wildman–Crippen MR) is 74.9 cm³/mol. The van der Waals surface area contributed by atoms with Crippen LogP contribution in [-0.2, 0) is 19.6 Å². The molecule has 0 atom stereocenters. The molecular weight excluding hydrogens is 355 g/mol. The Hall–Kier alpha value is -2.34. The summed E-state index contributed by atoms with van der Waals surface area (Å²) in [6.07, 6.45) is -4.91. The van der Waals surface area contributed by atoms with Gasteiger partial charge in [-0.15, -0.1) is 18.0 Å². The van der Waals surface area contributed by atoms with E-state index in [1.165, 1.54) is 0 Å². The summed E-state index contributed by atoms with van der Waals surface area (Å²) in [7, 11) is -4.28. The molecule has 0 radical (unpaired) electrons. The van der Waals surface area contributed by atoms with Crippen LogP contribution in [-0.4, -0.2) is 32.6 Å². The van der Waals surface area contributed by atoms with Gasteiger partial charge in [0, 0.05) is 6.04 Å². The Morgan fingerprint density at radius 2 is 1.62 bits per heavy atom. The third kappa shape index (κ3) is 6.42. The molecule has 12 heteroatoms. The van der Waals surface area contributed by atoms with Crippen LogP contribution in [0.5, 0.6) is 5.75 Å². The summed E-state index contributed by atoms with van der Waals surface area (Å²) in [5, 5.41) is 2.24. The van der Waals surface area contributed by atoms with Crippen molar-refractivity contribution in [2.24, 2.45) is 0 Å². The lowest BCUT2D eigenvalue weighted by Crippen LogP contribution is -2.49. The Labute approximate surface area is 135 Å². The SMILES string of the molecule is CC(C)NC(=O)C(=O)NNS(=O)(=O)c1ccc(OC(F)(F)F)cc1. The van der Waals surface area contributed by atoms with Gasteiger partial charge >= 0.3 is 18.2 Å². The van der Waals surface area contributed by atoms with Crippen LogP contribution in [0.1, 0.15) is 13.8 Å². The van der Waals surface area contributed by atoms with Crippen molar-refractivity contribution in [2.75, 3.05) is 0 Å². The van der Waals surface area contributed by atoms with Crippen LogP contribution in [0.4, 0.5) is 13.2 Å². The molecule has 0 saturated carbocycles. The van der Waals surface area contributed by atoms with E-state index in [9.17, 15) is 31.2 Å². The molecule has 0 aliphatic rings. The molecule has 1 aromatic rings. The van der Waals surface area contributed by atoms with E-state index in [2.05, 4.69) is 10.1 Å². The topological polar surface area (TPSA) is 114 Å². The first-order valence-corrected chi connectivity index (χ1v) is 7.87. The Kier molecular flexibility index (Phi) is 6.15. The van der Waals surface area contributed by atoms with E-state index < -0.39 is 38.8 Å². The Bertz CT molecular complexity index is 702. The second-order valence-electron chi connectivity index (χ2n) is 4.71. The summed E-state index contributed by atoms with van der Waals surface area (Å²) in [5.74, 6) is -2.91. The third-order valence-corrected chi connectivity index (χ3v) is 3.56. The van der Waals surface area contributed by atoms with Gasteiger partial charge in [0.25, 0.3) is 10.0 Å². The van der Waals surface area contributed by atoms with Gasteiger partial charge < -0.3 is 10.1 Å². The number of carbonyl (C=O) groups is 2. The standard InChI is InChI=1S/C12H14F3N3O5S/c1-7(2)16-10(19)11(20)17-18-24(21,22)9-5-3-8(4-6-9)23-12(13,14)15/h3-7,18H,1-2H3,(H,16,19)(H,17,20). The molecule has 0 fully saturated rings. The molecule has 8 nitrogen and oxygen atoms in total. The molecule has 0 heterocycles. The highest BCUT2D eigenvalue weighted by atomic mass is 32.2. The molecular formula is C12H14F3N3O5S. The number of alkyl halides is 3. The van der Waals surface area contributed by atoms with E-state index in [-0.39, 0.29) is 6.04 Å². The molecule has 134 valence electrons. The minimum Gasteiger partial charge on any atom is -0.406 e. The van der Waals surface area contributed by atoms with E-state index in [0.717, 1.165) is 24.3 Å². The highest BCUT2D eigenvalue weighted by Gasteiger charge is 2.31. The van der Waals surface area contributed by atoms with Crippen molar-refractivity contribution in [3.8, 4) is 5.75 Å². The zero-order chi connectivity index (χ0) is 18.5. The van der Waals surface area contributed by atoms with Gasteiger partial charge in [-0.1, -0.05) is 0 Å². The number of ether oxygens (including phenoxy) is 1. The summed E-state index contributed by atoms with van der Waals surface area (Å²) in [4.78, 5) is 23.9. The number of carbonyl (C=O) groups excluding carboxylic acids is 2. The van der Waals surface area contributed by atoms with Crippen LogP contribution in [0.2, 0.25) is 0 Å². The van der Waals surface area contributed by atoms with Crippen molar-refractivity contribution in [1.29, 1.82) is 0 Å². The molecule has 3 N–H and O–H groups in total.